The number of piperidine rings is 1. The zero-order chi connectivity index (χ0) is 18.7. The number of aromatic nitrogens is 2. The number of nitrogens with one attached hydrogen (secondary N) is 2. The highest BCUT2D eigenvalue weighted by atomic mass is 16.2. The molecule has 144 valence electrons. The molecule has 2 saturated heterocycles. The second-order valence-corrected chi connectivity index (χ2v) is 7.66. The normalized spacial score (nSPS) is 22.7. The van der Waals surface area contributed by atoms with E-state index in [-0.39, 0.29) is 30.3 Å². The Morgan fingerprint density at radius 3 is 2.69 bits per heavy atom. The van der Waals surface area contributed by atoms with Crippen molar-refractivity contribution in [3.63, 3.8) is 0 Å². The number of likely N-dealkylation sites (tertiary alicyclic amines) is 1. The molecule has 3 heterocycles. The topological polar surface area (TPSA) is 81.3 Å². The molecule has 1 atom stereocenters. The highest BCUT2D eigenvalue weighted by molar-refractivity contribution is 5.89. The molecule has 0 aromatic carbocycles. The molecule has 0 aliphatic carbocycles. The summed E-state index contributed by atoms with van der Waals surface area (Å²) in [4.78, 5) is 29.1. The molecular weight excluding hydrogens is 330 g/mol. The molecular formula is C19H31N5O2. The molecule has 3 rings (SSSR count). The molecule has 1 aromatic heterocycles. The smallest absolute Gasteiger partial charge is 0.237 e. The molecule has 2 aliphatic rings. The molecule has 0 saturated carbocycles. The number of aryl methyl sites for hydroxylation is 1. The van der Waals surface area contributed by atoms with E-state index in [9.17, 15) is 9.59 Å². The van der Waals surface area contributed by atoms with Gasteiger partial charge in [0.15, 0.2) is 0 Å². The van der Waals surface area contributed by atoms with Gasteiger partial charge < -0.3 is 10.2 Å². The highest BCUT2D eigenvalue weighted by Gasteiger charge is 2.35. The van der Waals surface area contributed by atoms with Crippen LogP contribution in [0.25, 0.3) is 0 Å². The van der Waals surface area contributed by atoms with Crippen LogP contribution in [0.3, 0.4) is 0 Å². The van der Waals surface area contributed by atoms with Gasteiger partial charge in [-0.05, 0) is 38.7 Å². The van der Waals surface area contributed by atoms with Crippen LogP contribution in [0.4, 0.5) is 0 Å². The first kappa shape index (κ1) is 18.9. The lowest BCUT2D eigenvalue weighted by Crippen LogP contribution is -2.58. The standard InChI is InChI=1S/C19H31N5O2/c1-4-14-12-21-22-18(14)15-5-8-23(9-6-15)17(25)11-16-19(26)20-7-10-24(16)13(2)3/h12-13,15-16H,4-11H2,1-3H3,(H,20,26)(H,21,22). The number of rotatable bonds is 5. The van der Waals surface area contributed by atoms with Gasteiger partial charge in [-0.1, -0.05) is 6.92 Å². The summed E-state index contributed by atoms with van der Waals surface area (Å²) in [5.41, 5.74) is 2.51. The van der Waals surface area contributed by atoms with Gasteiger partial charge in [0, 0.05) is 43.8 Å². The quantitative estimate of drug-likeness (QED) is 0.828. The van der Waals surface area contributed by atoms with E-state index in [1.54, 1.807) is 0 Å². The Kier molecular flexibility index (Phi) is 5.96. The van der Waals surface area contributed by atoms with Crippen LogP contribution in [0.15, 0.2) is 6.20 Å². The van der Waals surface area contributed by atoms with Gasteiger partial charge in [-0.25, -0.2) is 0 Å². The Hall–Kier alpha value is -1.89. The van der Waals surface area contributed by atoms with E-state index in [1.165, 1.54) is 11.3 Å². The van der Waals surface area contributed by atoms with Crippen molar-refractivity contribution in [1.82, 2.24) is 25.3 Å². The van der Waals surface area contributed by atoms with Crippen molar-refractivity contribution >= 4 is 11.8 Å². The molecule has 0 bridgehead atoms. The number of piperazine rings is 1. The van der Waals surface area contributed by atoms with Crippen LogP contribution in [-0.2, 0) is 16.0 Å². The number of aromatic amines is 1. The zero-order valence-corrected chi connectivity index (χ0v) is 16.1. The Balaban J connectivity index is 1.57. The maximum absolute atomic E-state index is 12.8. The van der Waals surface area contributed by atoms with Gasteiger partial charge in [-0.2, -0.15) is 5.10 Å². The first-order chi connectivity index (χ1) is 12.5. The van der Waals surface area contributed by atoms with Gasteiger partial charge in [-0.15, -0.1) is 0 Å². The number of hydrogen-bond donors (Lipinski definition) is 2. The Bertz CT molecular complexity index is 634. The molecule has 0 spiro atoms. The molecule has 0 radical (unpaired) electrons. The van der Waals surface area contributed by atoms with E-state index >= 15 is 0 Å². The fourth-order valence-corrected chi connectivity index (χ4v) is 4.23. The number of carbonyl (C=O) groups excluding carboxylic acids is 2. The van der Waals surface area contributed by atoms with Crippen molar-refractivity contribution in [3.8, 4) is 0 Å². The summed E-state index contributed by atoms with van der Waals surface area (Å²) in [5, 5.41) is 10.2. The summed E-state index contributed by atoms with van der Waals surface area (Å²) in [7, 11) is 0. The van der Waals surface area contributed by atoms with Crippen molar-refractivity contribution in [1.29, 1.82) is 0 Å². The van der Waals surface area contributed by atoms with Gasteiger partial charge in [0.05, 0.1) is 18.7 Å². The van der Waals surface area contributed by atoms with Crippen molar-refractivity contribution in [2.75, 3.05) is 26.2 Å². The van der Waals surface area contributed by atoms with Crippen molar-refractivity contribution in [2.24, 2.45) is 0 Å². The first-order valence-corrected chi connectivity index (χ1v) is 9.84. The molecule has 26 heavy (non-hydrogen) atoms. The van der Waals surface area contributed by atoms with Crippen LogP contribution in [0, 0.1) is 0 Å². The highest BCUT2D eigenvalue weighted by Crippen LogP contribution is 2.29. The van der Waals surface area contributed by atoms with Crippen LogP contribution in [-0.4, -0.2) is 70.1 Å². The summed E-state index contributed by atoms with van der Waals surface area (Å²) < 4.78 is 0. The van der Waals surface area contributed by atoms with Crippen LogP contribution in [0.5, 0.6) is 0 Å². The lowest BCUT2D eigenvalue weighted by molar-refractivity contribution is -0.140. The van der Waals surface area contributed by atoms with Gasteiger partial charge in [0.25, 0.3) is 0 Å². The van der Waals surface area contributed by atoms with Crippen molar-refractivity contribution in [2.45, 2.75) is 64.5 Å². The predicted octanol–water partition coefficient (Wildman–Crippen LogP) is 1.28. The van der Waals surface area contributed by atoms with Gasteiger partial charge in [-0.3, -0.25) is 19.6 Å². The molecule has 7 nitrogen and oxygen atoms in total. The molecule has 1 unspecified atom stereocenters. The third kappa shape index (κ3) is 3.92. The molecule has 7 heteroatoms. The van der Waals surface area contributed by atoms with Crippen molar-refractivity contribution < 1.29 is 9.59 Å². The minimum atomic E-state index is -0.340. The first-order valence-electron chi connectivity index (χ1n) is 9.84. The fourth-order valence-electron chi connectivity index (χ4n) is 4.23. The Morgan fingerprint density at radius 2 is 2.04 bits per heavy atom. The van der Waals surface area contributed by atoms with Crippen LogP contribution in [0.2, 0.25) is 0 Å². The van der Waals surface area contributed by atoms with E-state index in [0.717, 1.165) is 38.9 Å². The average Bonchev–Trinajstić information content (AvgIpc) is 3.12. The van der Waals surface area contributed by atoms with E-state index in [2.05, 4.69) is 41.2 Å². The predicted molar refractivity (Wildman–Crippen MR) is 99.8 cm³/mol. The number of hydrogen-bond acceptors (Lipinski definition) is 4. The summed E-state index contributed by atoms with van der Waals surface area (Å²) in [5.74, 6) is 0.524. The fraction of sp³-hybridized carbons (Fsp3) is 0.737. The lowest BCUT2D eigenvalue weighted by atomic mass is 9.90. The van der Waals surface area contributed by atoms with Crippen molar-refractivity contribution in [3.05, 3.63) is 17.5 Å². The molecule has 2 amide bonds. The Morgan fingerprint density at radius 1 is 1.31 bits per heavy atom. The monoisotopic (exact) mass is 361 g/mol. The SMILES string of the molecule is CCc1cn[nH]c1C1CCN(C(=O)CC2C(=O)NCCN2C(C)C)CC1. The van der Waals surface area contributed by atoms with Crippen LogP contribution in [0.1, 0.15) is 57.2 Å². The van der Waals surface area contributed by atoms with Gasteiger partial charge >= 0.3 is 0 Å². The molecule has 2 N–H and O–H groups in total. The second-order valence-electron chi connectivity index (χ2n) is 7.66. The lowest BCUT2D eigenvalue weighted by Gasteiger charge is -2.39. The van der Waals surface area contributed by atoms with Gasteiger partial charge in [0.2, 0.25) is 11.8 Å². The summed E-state index contributed by atoms with van der Waals surface area (Å²) in [6.07, 6.45) is 5.07. The summed E-state index contributed by atoms with van der Waals surface area (Å²) in [6, 6.07) is -0.0781. The molecule has 2 aliphatic heterocycles. The zero-order valence-electron chi connectivity index (χ0n) is 16.1. The summed E-state index contributed by atoms with van der Waals surface area (Å²) in [6.45, 7) is 9.28. The summed E-state index contributed by atoms with van der Waals surface area (Å²) >= 11 is 0. The largest absolute Gasteiger partial charge is 0.353 e. The maximum atomic E-state index is 12.8. The number of amides is 2. The third-order valence-electron chi connectivity index (χ3n) is 5.79. The van der Waals surface area contributed by atoms with E-state index in [4.69, 9.17) is 0 Å². The van der Waals surface area contributed by atoms with Gasteiger partial charge in [0.1, 0.15) is 0 Å². The van der Waals surface area contributed by atoms with Crippen LogP contribution < -0.4 is 5.32 Å². The van der Waals surface area contributed by atoms with E-state index < -0.39 is 0 Å². The second kappa shape index (κ2) is 8.20. The molecule has 1 aromatic rings. The number of nitrogens with zero attached hydrogens (tertiary/aromatic N) is 3. The average molecular weight is 361 g/mol. The van der Waals surface area contributed by atoms with E-state index in [0.29, 0.717) is 12.5 Å². The Labute approximate surface area is 155 Å². The number of carbonyl (C=O) groups is 2. The van der Waals surface area contributed by atoms with E-state index in [1.807, 2.05) is 11.1 Å². The third-order valence-corrected chi connectivity index (χ3v) is 5.79. The minimum Gasteiger partial charge on any atom is -0.353 e. The number of H-pyrrole nitrogens is 1. The minimum absolute atomic E-state index is 0.0155. The molecule has 2 fully saturated rings. The van der Waals surface area contributed by atoms with Crippen LogP contribution >= 0.6 is 0 Å². The maximum Gasteiger partial charge on any atom is 0.237 e.